The maximum Gasteiger partial charge on any atom is 0.248 e. The fourth-order valence-electron chi connectivity index (χ4n) is 1.80. The summed E-state index contributed by atoms with van der Waals surface area (Å²) in [5.41, 5.74) is 11.7. The highest BCUT2D eigenvalue weighted by atomic mass is 16.5. The molecule has 0 saturated carbocycles. The first-order chi connectivity index (χ1) is 9.35. The number of nitrogens with two attached hydrogens (primary N) is 2. The molecule has 1 rings (SSSR count). The Hall–Kier alpha value is -2.08. The second kappa shape index (κ2) is 6.91. The van der Waals surface area contributed by atoms with Crippen LogP contribution < -0.4 is 21.5 Å². The normalized spacial score (nSPS) is 12.1. The summed E-state index contributed by atoms with van der Waals surface area (Å²) >= 11 is 0. The number of rotatable bonds is 6. The number of carbonyl (C=O) groups is 2. The first-order valence-electron chi connectivity index (χ1n) is 6.39. The molecule has 0 saturated heterocycles. The number of anilines is 1. The average Bonchev–Trinajstić information content (AvgIpc) is 2.37. The zero-order valence-corrected chi connectivity index (χ0v) is 12.0. The van der Waals surface area contributed by atoms with Gasteiger partial charge in [0.1, 0.15) is 5.75 Å². The molecule has 0 radical (unpaired) electrons. The van der Waals surface area contributed by atoms with Gasteiger partial charge in [0.2, 0.25) is 11.8 Å². The lowest BCUT2D eigenvalue weighted by molar-refractivity contribution is -0.117. The number of carbonyl (C=O) groups excluding carboxylic acids is 2. The number of nitrogens with one attached hydrogen (secondary N) is 1. The van der Waals surface area contributed by atoms with Crippen LogP contribution in [-0.4, -0.2) is 25.0 Å². The summed E-state index contributed by atoms with van der Waals surface area (Å²) in [5.74, 6) is -0.136. The van der Waals surface area contributed by atoms with Crippen molar-refractivity contribution in [1.29, 1.82) is 0 Å². The maximum absolute atomic E-state index is 12.0. The van der Waals surface area contributed by atoms with Crippen molar-refractivity contribution >= 4 is 17.5 Å². The van der Waals surface area contributed by atoms with Gasteiger partial charge in [0.25, 0.3) is 0 Å². The Bertz CT molecular complexity index is 500. The van der Waals surface area contributed by atoms with Gasteiger partial charge in [-0.3, -0.25) is 9.59 Å². The van der Waals surface area contributed by atoms with Gasteiger partial charge in [-0.25, -0.2) is 0 Å². The van der Waals surface area contributed by atoms with Crippen molar-refractivity contribution in [3.05, 3.63) is 23.8 Å². The monoisotopic (exact) mass is 279 g/mol. The largest absolute Gasteiger partial charge is 0.495 e. The van der Waals surface area contributed by atoms with Gasteiger partial charge >= 0.3 is 0 Å². The van der Waals surface area contributed by atoms with E-state index in [1.165, 1.54) is 19.2 Å². The fraction of sp³-hybridized carbons (Fsp3) is 0.429. The highest BCUT2D eigenvalue weighted by Crippen LogP contribution is 2.25. The Balaban J connectivity index is 2.92. The lowest BCUT2D eigenvalue weighted by Gasteiger charge is -2.16. The molecule has 0 aliphatic carbocycles. The van der Waals surface area contributed by atoms with Crippen LogP contribution in [0.15, 0.2) is 18.2 Å². The van der Waals surface area contributed by atoms with Gasteiger partial charge in [0.05, 0.1) is 18.8 Å². The predicted octanol–water partition coefficient (Wildman–Crippen LogP) is 1.11. The molecule has 0 aromatic heterocycles. The molecular weight excluding hydrogens is 258 g/mol. The smallest absolute Gasteiger partial charge is 0.248 e. The highest BCUT2D eigenvalue weighted by Gasteiger charge is 2.17. The van der Waals surface area contributed by atoms with Crippen LogP contribution in [0.25, 0.3) is 0 Å². The molecule has 0 unspecified atom stereocenters. The van der Waals surface area contributed by atoms with Crippen LogP contribution in [0, 0.1) is 5.92 Å². The van der Waals surface area contributed by atoms with Crippen LogP contribution in [0.1, 0.15) is 30.6 Å². The van der Waals surface area contributed by atoms with Crippen molar-refractivity contribution in [3.63, 3.8) is 0 Å². The van der Waals surface area contributed by atoms with Crippen molar-refractivity contribution in [2.45, 2.75) is 26.3 Å². The van der Waals surface area contributed by atoms with E-state index >= 15 is 0 Å². The molecular formula is C14H21N3O3. The van der Waals surface area contributed by atoms with Gasteiger partial charge < -0.3 is 21.5 Å². The van der Waals surface area contributed by atoms with Crippen molar-refractivity contribution in [2.24, 2.45) is 17.4 Å². The van der Waals surface area contributed by atoms with E-state index in [2.05, 4.69) is 5.32 Å². The minimum atomic E-state index is -0.614. The van der Waals surface area contributed by atoms with Crippen LogP contribution in [0.4, 0.5) is 5.69 Å². The minimum absolute atomic E-state index is 0.290. The number of primary amides is 1. The number of methoxy groups -OCH3 is 1. The number of ether oxygens (including phenoxy) is 1. The van der Waals surface area contributed by atoms with Gasteiger partial charge in [-0.15, -0.1) is 0 Å². The van der Waals surface area contributed by atoms with Crippen molar-refractivity contribution in [2.75, 3.05) is 12.4 Å². The molecule has 0 spiro atoms. The highest BCUT2D eigenvalue weighted by molar-refractivity contribution is 5.99. The maximum atomic E-state index is 12.0. The Morgan fingerprint density at radius 1 is 1.35 bits per heavy atom. The molecule has 1 aromatic rings. The Labute approximate surface area is 118 Å². The van der Waals surface area contributed by atoms with Gasteiger partial charge in [0, 0.05) is 5.56 Å². The van der Waals surface area contributed by atoms with Crippen LogP contribution in [0.3, 0.4) is 0 Å². The van der Waals surface area contributed by atoms with E-state index in [9.17, 15) is 9.59 Å². The van der Waals surface area contributed by atoms with E-state index in [0.717, 1.165) is 0 Å². The number of benzene rings is 1. The summed E-state index contributed by atoms with van der Waals surface area (Å²) < 4.78 is 5.13. The first-order valence-corrected chi connectivity index (χ1v) is 6.39. The summed E-state index contributed by atoms with van der Waals surface area (Å²) in [6.45, 7) is 3.98. The molecule has 6 nitrogen and oxygen atoms in total. The van der Waals surface area contributed by atoms with Crippen LogP contribution >= 0.6 is 0 Å². The van der Waals surface area contributed by atoms with E-state index in [1.54, 1.807) is 6.07 Å². The van der Waals surface area contributed by atoms with E-state index in [0.29, 0.717) is 29.3 Å². The van der Waals surface area contributed by atoms with E-state index in [-0.39, 0.29) is 5.91 Å². The number of hydrogen-bond acceptors (Lipinski definition) is 4. The van der Waals surface area contributed by atoms with Crippen LogP contribution in [-0.2, 0) is 4.79 Å². The van der Waals surface area contributed by atoms with Crippen LogP contribution in [0.5, 0.6) is 5.75 Å². The van der Waals surface area contributed by atoms with Crippen molar-refractivity contribution in [3.8, 4) is 5.75 Å². The third-order valence-electron chi connectivity index (χ3n) is 2.80. The van der Waals surface area contributed by atoms with Gasteiger partial charge in [-0.1, -0.05) is 13.8 Å². The molecule has 6 heteroatoms. The molecule has 2 amide bonds. The lowest BCUT2D eigenvalue weighted by Crippen LogP contribution is -2.36. The van der Waals surface area contributed by atoms with Crippen LogP contribution in [0.2, 0.25) is 0 Å². The molecule has 20 heavy (non-hydrogen) atoms. The van der Waals surface area contributed by atoms with Crippen molar-refractivity contribution < 1.29 is 14.3 Å². The Morgan fingerprint density at radius 2 is 2.00 bits per heavy atom. The van der Waals surface area contributed by atoms with Gasteiger partial charge in [-0.2, -0.15) is 0 Å². The quantitative estimate of drug-likeness (QED) is 0.724. The molecule has 110 valence electrons. The second-order valence-corrected chi connectivity index (χ2v) is 5.00. The first kappa shape index (κ1) is 16.0. The summed E-state index contributed by atoms with van der Waals surface area (Å²) in [6, 6.07) is 3.97. The third kappa shape index (κ3) is 4.24. The zero-order chi connectivity index (χ0) is 15.3. The predicted molar refractivity (Wildman–Crippen MR) is 77.6 cm³/mol. The van der Waals surface area contributed by atoms with Crippen molar-refractivity contribution in [1.82, 2.24) is 0 Å². The fourth-order valence-corrected chi connectivity index (χ4v) is 1.80. The Kier molecular flexibility index (Phi) is 5.52. The SMILES string of the molecule is COc1ccc(C(N)=O)cc1NC(=O)[C@@H](N)CC(C)C. The molecule has 0 aliphatic rings. The summed E-state index contributed by atoms with van der Waals surface area (Å²) in [6.07, 6.45) is 0.573. The molecule has 1 atom stereocenters. The standard InChI is InChI=1S/C14H21N3O3/c1-8(2)6-10(15)14(19)17-11-7-9(13(16)18)4-5-12(11)20-3/h4-5,7-8,10H,6,15H2,1-3H3,(H2,16,18)(H,17,19)/t10-/m0/s1. The molecule has 5 N–H and O–H groups in total. The molecule has 0 fully saturated rings. The lowest BCUT2D eigenvalue weighted by atomic mass is 10.0. The summed E-state index contributed by atoms with van der Waals surface area (Å²) in [7, 11) is 1.48. The molecule has 1 aromatic carbocycles. The van der Waals surface area contributed by atoms with E-state index < -0.39 is 11.9 Å². The minimum Gasteiger partial charge on any atom is -0.495 e. The number of amides is 2. The molecule has 0 bridgehead atoms. The van der Waals surface area contributed by atoms with Gasteiger partial charge in [0.15, 0.2) is 0 Å². The average molecular weight is 279 g/mol. The number of hydrogen-bond donors (Lipinski definition) is 3. The zero-order valence-electron chi connectivity index (χ0n) is 12.0. The van der Waals surface area contributed by atoms with E-state index in [1.807, 2.05) is 13.8 Å². The van der Waals surface area contributed by atoms with Gasteiger partial charge in [-0.05, 0) is 30.5 Å². The summed E-state index contributed by atoms with van der Waals surface area (Å²) in [5, 5.41) is 2.67. The molecule has 0 heterocycles. The summed E-state index contributed by atoms with van der Waals surface area (Å²) in [4.78, 5) is 23.2. The van der Waals surface area contributed by atoms with E-state index in [4.69, 9.17) is 16.2 Å². The Morgan fingerprint density at radius 3 is 2.50 bits per heavy atom. The second-order valence-electron chi connectivity index (χ2n) is 5.00. The molecule has 0 aliphatic heterocycles. The topological polar surface area (TPSA) is 107 Å². The third-order valence-corrected chi connectivity index (χ3v) is 2.80.